The van der Waals surface area contributed by atoms with Crippen molar-refractivity contribution in [2.45, 2.75) is 0 Å². The molecule has 0 bridgehead atoms. The Hall–Kier alpha value is -2.14. The number of aliphatic imine (C=N–C) groups is 1. The van der Waals surface area contributed by atoms with E-state index in [0.717, 1.165) is 10.6 Å². The van der Waals surface area contributed by atoms with Gasteiger partial charge in [-0.05, 0) is 23.6 Å². The van der Waals surface area contributed by atoms with Gasteiger partial charge in [0.25, 0.3) is 0 Å². The van der Waals surface area contributed by atoms with Crippen LogP contribution in [0.25, 0.3) is 0 Å². The van der Waals surface area contributed by atoms with E-state index >= 15 is 0 Å². The molecule has 3 heterocycles. The highest BCUT2D eigenvalue weighted by molar-refractivity contribution is 7.12. The van der Waals surface area contributed by atoms with Crippen LogP contribution < -0.4 is 0 Å². The molecule has 1 aromatic heterocycles. The molecule has 0 fully saturated rings. The van der Waals surface area contributed by atoms with E-state index in [1.165, 1.54) is 11.3 Å². The van der Waals surface area contributed by atoms with Crippen LogP contribution in [0.2, 0.25) is 0 Å². The summed E-state index contributed by atoms with van der Waals surface area (Å²) in [6.07, 6.45) is 7.48. The van der Waals surface area contributed by atoms with E-state index in [-0.39, 0.29) is 0 Å². The standard InChI is InChI=1S/C13H10N2O2S/c1-15-7-3-2-5-9(15)11-13(16)17-12(14-11)10-6-4-8-18-10/h2-8H,1H3. The number of ether oxygens (including phenoxy) is 1. The summed E-state index contributed by atoms with van der Waals surface area (Å²) < 4.78 is 5.20. The van der Waals surface area contributed by atoms with Crippen LogP contribution in [-0.2, 0) is 9.53 Å². The molecule has 0 spiro atoms. The number of nitrogens with zero attached hydrogens (tertiary/aromatic N) is 2. The van der Waals surface area contributed by atoms with Crippen LogP contribution in [0.5, 0.6) is 0 Å². The van der Waals surface area contributed by atoms with Crippen molar-refractivity contribution in [3.8, 4) is 0 Å². The Morgan fingerprint density at radius 1 is 1.39 bits per heavy atom. The first-order valence-corrected chi connectivity index (χ1v) is 6.30. The van der Waals surface area contributed by atoms with Crippen molar-refractivity contribution in [3.05, 3.63) is 58.2 Å². The Bertz CT molecular complexity index is 609. The second-order valence-electron chi connectivity index (χ2n) is 3.83. The number of esters is 1. The Balaban J connectivity index is 2.03. The fraction of sp³-hybridized carbons (Fsp3) is 0.0769. The summed E-state index contributed by atoms with van der Waals surface area (Å²) in [5.41, 5.74) is 1.09. The van der Waals surface area contributed by atoms with Crippen molar-refractivity contribution in [1.82, 2.24) is 4.90 Å². The summed E-state index contributed by atoms with van der Waals surface area (Å²) in [4.78, 5) is 18.8. The summed E-state index contributed by atoms with van der Waals surface area (Å²) >= 11 is 1.50. The average Bonchev–Trinajstić information content (AvgIpc) is 2.99. The third-order valence-corrected chi connectivity index (χ3v) is 3.48. The summed E-state index contributed by atoms with van der Waals surface area (Å²) in [5, 5.41) is 1.92. The lowest BCUT2D eigenvalue weighted by Crippen LogP contribution is -2.15. The van der Waals surface area contributed by atoms with Gasteiger partial charge in [0, 0.05) is 13.2 Å². The molecule has 0 aromatic carbocycles. The molecule has 0 radical (unpaired) electrons. The molecule has 2 aliphatic rings. The van der Waals surface area contributed by atoms with Gasteiger partial charge in [0.05, 0.1) is 10.6 Å². The Labute approximate surface area is 108 Å². The quantitative estimate of drug-likeness (QED) is 0.573. The number of cyclic esters (lactones) is 1. The zero-order valence-electron chi connectivity index (χ0n) is 9.66. The third kappa shape index (κ3) is 1.78. The van der Waals surface area contributed by atoms with Gasteiger partial charge in [-0.25, -0.2) is 9.79 Å². The monoisotopic (exact) mass is 258 g/mol. The fourth-order valence-electron chi connectivity index (χ4n) is 1.74. The summed E-state index contributed by atoms with van der Waals surface area (Å²) in [6.45, 7) is 0. The van der Waals surface area contributed by atoms with Gasteiger partial charge in [-0.2, -0.15) is 0 Å². The SMILES string of the molecule is CN1C=CC=CC1=C1N=C(c2cccs2)OC1=O. The second-order valence-corrected chi connectivity index (χ2v) is 4.78. The molecule has 5 heteroatoms. The number of carbonyl (C=O) groups excluding carboxylic acids is 1. The predicted molar refractivity (Wildman–Crippen MR) is 70.0 cm³/mol. The number of hydrogen-bond donors (Lipinski definition) is 0. The molecule has 0 saturated carbocycles. The third-order valence-electron chi connectivity index (χ3n) is 2.63. The number of rotatable bonds is 1. The molecule has 0 atom stereocenters. The van der Waals surface area contributed by atoms with E-state index in [9.17, 15) is 4.79 Å². The van der Waals surface area contributed by atoms with E-state index in [1.807, 2.05) is 53.9 Å². The van der Waals surface area contributed by atoms with Crippen LogP contribution in [0.4, 0.5) is 0 Å². The molecule has 90 valence electrons. The van der Waals surface area contributed by atoms with Gasteiger partial charge in [-0.15, -0.1) is 11.3 Å². The lowest BCUT2D eigenvalue weighted by Gasteiger charge is -2.17. The molecule has 0 N–H and O–H groups in total. The van der Waals surface area contributed by atoms with E-state index in [1.54, 1.807) is 0 Å². The van der Waals surface area contributed by atoms with Crippen molar-refractivity contribution >= 4 is 23.2 Å². The first kappa shape index (κ1) is 11.0. The van der Waals surface area contributed by atoms with Gasteiger partial charge in [0.1, 0.15) is 0 Å². The average molecular weight is 258 g/mol. The molecule has 4 nitrogen and oxygen atoms in total. The van der Waals surface area contributed by atoms with Crippen LogP contribution in [0.3, 0.4) is 0 Å². The molecule has 2 aliphatic heterocycles. The second kappa shape index (κ2) is 4.27. The maximum atomic E-state index is 11.9. The Morgan fingerprint density at radius 3 is 3.00 bits per heavy atom. The fourth-order valence-corrected chi connectivity index (χ4v) is 2.39. The van der Waals surface area contributed by atoms with Gasteiger partial charge in [0.2, 0.25) is 5.90 Å². The van der Waals surface area contributed by atoms with Gasteiger partial charge in [-0.1, -0.05) is 12.1 Å². The molecule has 0 unspecified atom stereocenters. The maximum Gasteiger partial charge on any atom is 0.366 e. The van der Waals surface area contributed by atoms with Crippen molar-refractivity contribution in [1.29, 1.82) is 0 Å². The number of allylic oxidation sites excluding steroid dienone is 3. The van der Waals surface area contributed by atoms with E-state index < -0.39 is 5.97 Å². The number of thiophene rings is 1. The van der Waals surface area contributed by atoms with Crippen LogP contribution in [0.1, 0.15) is 4.88 Å². The van der Waals surface area contributed by atoms with Crippen LogP contribution in [-0.4, -0.2) is 23.8 Å². The smallest absolute Gasteiger partial charge is 0.366 e. The lowest BCUT2D eigenvalue weighted by molar-refractivity contribution is -0.130. The summed E-state index contributed by atoms with van der Waals surface area (Å²) in [7, 11) is 1.87. The van der Waals surface area contributed by atoms with Gasteiger partial charge in [0.15, 0.2) is 5.70 Å². The number of carbonyl (C=O) groups is 1. The summed E-state index contributed by atoms with van der Waals surface area (Å²) in [5.74, 6) is -0.0194. The van der Waals surface area contributed by atoms with E-state index in [0.29, 0.717) is 11.6 Å². The van der Waals surface area contributed by atoms with Gasteiger partial charge >= 0.3 is 5.97 Å². The molecule has 3 rings (SSSR count). The minimum absolute atomic E-state index is 0.349. The number of hydrogen-bond acceptors (Lipinski definition) is 5. The molecular formula is C13H10N2O2S. The highest BCUT2D eigenvalue weighted by Crippen LogP contribution is 2.24. The highest BCUT2D eigenvalue weighted by atomic mass is 32.1. The summed E-state index contributed by atoms with van der Waals surface area (Å²) in [6, 6.07) is 3.78. The largest absolute Gasteiger partial charge is 0.401 e. The zero-order valence-corrected chi connectivity index (χ0v) is 10.5. The lowest BCUT2D eigenvalue weighted by atomic mass is 10.2. The normalized spacial score (nSPS) is 22.4. The highest BCUT2D eigenvalue weighted by Gasteiger charge is 2.28. The van der Waals surface area contributed by atoms with Crippen molar-refractivity contribution in [2.24, 2.45) is 4.99 Å². The molecule has 1 aromatic rings. The van der Waals surface area contributed by atoms with Crippen LogP contribution in [0.15, 0.2) is 58.3 Å². The maximum absolute atomic E-state index is 11.9. The Morgan fingerprint density at radius 2 is 2.28 bits per heavy atom. The predicted octanol–water partition coefficient (Wildman–Crippen LogP) is 2.28. The van der Waals surface area contributed by atoms with Crippen molar-refractivity contribution < 1.29 is 9.53 Å². The topological polar surface area (TPSA) is 41.9 Å². The van der Waals surface area contributed by atoms with Crippen LogP contribution >= 0.6 is 11.3 Å². The first-order chi connectivity index (χ1) is 8.75. The molecule has 0 saturated heterocycles. The van der Waals surface area contributed by atoms with E-state index in [4.69, 9.17) is 4.74 Å². The molecule has 0 amide bonds. The van der Waals surface area contributed by atoms with Gasteiger partial charge < -0.3 is 9.64 Å². The molecule has 0 aliphatic carbocycles. The van der Waals surface area contributed by atoms with Crippen LogP contribution in [0, 0.1) is 0 Å². The van der Waals surface area contributed by atoms with Crippen molar-refractivity contribution in [3.63, 3.8) is 0 Å². The van der Waals surface area contributed by atoms with Gasteiger partial charge in [-0.3, -0.25) is 0 Å². The van der Waals surface area contributed by atoms with Crippen molar-refractivity contribution in [2.75, 3.05) is 7.05 Å². The molecular weight excluding hydrogens is 248 g/mol. The van der Waals surface area contributed by atoms with E-state index in [2.05, 4.69) is 4.99 Å². The number of likely N-dealkylation sites (N-methyl/N-ethyl adjacent to an activating group) is 1. The first-order valence-electron chi connectivity index (χ1n) is 5.42. The Kier molecular flexibility index (Phi) is 2.60. The molecule has 18 heavy (non-hydrogen) atoms. The minimum Gasteiger partial charge on any atom is -0.401 e. The minimum atomic E-state index is -0.403. The zero-order chi connectivity index (χ0) is 12.5.